The lowest BCUT2D eigenvalue weighted by molar-refractivity contribution is 0.101. The molecule has 2 rings (SSSR count). The fourth-order valence-electron chi connectivity index (χ4n) is 2.77. The van der Waals surface area contributed by atoms with Gasteiger partial charge in [0.25, 0.3) is 0 Å². The molecular weight excluding hydrogens is 254 g/mol. The SMILES string of the molecule is CSC(C)C(C)n1c(C)c(C(C)=O)c2ccccc21. The maximum atomic E-state index is 11.9. The van der Waals surface area contributed by atoms with E-state index in [-0.39, 0.29) is 5.78 Å². The molecule has 102 valence electrons. The molecule has 2 unspecified atom stereocenters. The highest BCUT2D eigenvalue weighted by atomic mass is 32.2. The first-order chi connectivity index (χ1) is 8.99. The molecule has 0 spiro atoms. The molecule has 2 nitrogen and oxygen atoms in total. The minimum atomic E-state index is 0.149. The summed E-state index contributed by atoms with van der Waals surface area (Å²) in [7, 11) is 0. The Hall–Kier alpha value is -1.22. The van der Waals surface area contributed by atoms with Crippen molar-refractivity contribution >= 4 is 28.4 Å². The number of para-hydroxylation sites is 1. The fourth-order valence-corrected chi connectivity index (χ4v) is 3.28. The predicted octanol–water partition coefficient (Wildman–Crippen LogP) is 4.46. The lowest BCUT2D eigenvalue weighted by atomic mass is 10.1. The van der Waals surface area contributed by atoms with Gasteiger partial charge in [0, 0.05) is 33.5 Å². The van der Waals surface area contributed by atoms with Gasteiger partial charge in [-0.25, -0.2) is 0 Å². The zero-order chi connectivity index (χ0) is 14.2. The highest BCUT2D eigenvalue weighted by Crippen LogP contribution is 2.32. The quantitative estimate of drug-likeness (QED) is 0.768. The molecule has 1 heterocycles. The third-order valence-electron chi connectivity index (χ3n) is 3.97. The molecule has 0 saturated carbocycles. The number of fused-ring (bicyclic) bond motifs is 1. The Morgan fingerprint density at radius 2 is 1.89 bits per heavy atom. The number of Topliss-reactive ketones (excluding diaryl/α,β-unsaturated/α-hetero) is 1. The standard InChI is InChI=1S/C16H21NOS/c1-10(13(4)19-5)17-11(2)16(12(3)18)14-8-6-7-9-15(14)17/h6-10,13H,1-5H3. The number of rotatable bonds is 4. The van der Waals surface area contributed by atoms with E-state index in [0.717, 1.165) is 16.6 Å². The molecule has 0 bridgehead atoms. The molecule has 0 aliphatic rings. The highest BCUT2D eigenvalue weighted by Gasteiger charge is 2.22. The van der Waals surface area contributed by atoms with E-state index in [0.29, 0.717) is 11.3 Å². The number of hydrogen-bond acceptors (Lipinski definition) is 2. The van der Waals surface area contributed by atoms with Crippen LogP contribution in [0.1, 0.15) is 42.9 Å². The van der Waals surface area contributed by atoms with E-state index in [1.807, 2.05) is 30.0 Å². The molecule has 2 aromatic rings. The average molecular weight is 275 g/mol. The minimum absolute atomic E-state index is 0.149. The van der Waals surface area contributed by atoms with Crippen molar-refractivity contribution in [3.05, 3.63) is 35.5 Å². The second-order valence-electron chi connectivity index (χ2n) is 5.09. The van der Waals surface area contributed by atoms with E-state index >= 15 is 0 Å². The van der Waals surface area contributed by atoms with Crippen LogP contribution in [0.15, 0.2) is 24.3 Å². The van der Waals surface area contributed by atoms with Gasteiger partial charge in [-0.15, -0.1) is 0 Å². The van der Waals surface area contributed by atoms with Gasteiger partial charge in [-0.3, -0.25) is 4.79 Å². The molecule has 1 aromatic heterocycles. The number of ketones is 1. The summed E-state index contributed by atoms with van der Waals surface area (Å²) in [6, 6.07) is 8.57. The van der Waals surface area contributed by atoms with Crippen molar-refractivity contribution in [2.24, 2.45) is 0 Å². The summed E-state index contributed by atoms with van der Waals surface area (Å²) >= 11 is 1.86. The third kappa shape index (κ3) is 2.32. The number of carbonyl (C=O) groups is 1. The Bertz CT molecular complexity index is 614. The lowest BCUT2D eigenvalue weighted by Crippen LogP contribution is -2.17. The highest BCUT2D eigenvalue weighted by molar-refractivity contribution is 7.99. The molecule has 0 fully saturated rings. The van der Waals surface area contributed by atoms with Crippen LogP contribution in [-0.2, 0) is 0 Å². The molecule has 0 amide bonds. The van der Waals surface area contributed by atoms with E-state index in [4.69, 9.17) is 0 Å². The van der Waals surface area contributed by atoms with Gasteiger partial charge in [0.15, 0.2) is 5.78 Å². The van der Waals surface area contributed by atoms with E-state index < -0.39 is 0 Å². The van der Waals surface area contributed by atoms with Crippen LogP contribution in [0.2, 0.25) is 0 Å². The molecule has 1 aromatic carbocycles. The van der Waals surface area contributed by atoms with Crippen molar-refractivity contribution < 1.29 is 4.79 Å². The summed E-state index contributed by atoms with van der Waals surface area (Å²) in [5.41, 5.74) is 3.12. The zero-order valence-electron chi connectivity index (χ0n) is 12.2. The summed E-state index contributed by atoms with van der Waals surface area (Å²) in [5, 5.41) is 1.59. The van der Waals surface area contributed by atoms with Crippen molar-refractivity contribution in [2.75, 3.05) is 6.26 Å². The van der Waals surface area contributed by atoms with Crippen molar-refractivity contribution in [1.29, 1.82) is 0 Å². The lowest BCUT2D eigenvalue weighted by Gasteiger charge is -2.23. The van der Waals surface area contributed by atoms with Crippen molar-refractivity contribution in [3.8, 4) is 0 Å². The van der Waals surface area contributed by atoms with Gasteiger partial charge in [-0.1, -0.05) is 25.1 Å². The van der Waals surface area contributed by atoms with Gasteiger partial charge in [0.2, 0.25) is 0 Å². The van der Waals surface area contributed by atoms with Crippen LogP contribution in [0.5, 0.6) is 0 Å². The molecule has 0 aliphatic heterocycles. The minimum Gasteiger partial charge on any atom is -0.340 e. The Morgan fingerprint density at radius 3 is 2.47 bits per heavy atom. The second-order valence-corrected chi connectivity index (χ2v) is 6.30. The second kappa shape index (κ2) is 5.41. The third-order valence-corrected chi connectivity index (χ3v) is 5.10. The first-order valence-electron chi connectivity index (χ1n) is 6.62. The normalized spacial score (nSPS) is 14.6. The number of aromatic nitrogens is 1. The monoisotopic (exact) mass is 275 g/mol. The Labute approximate surface area is 119 Å². The van der Waals surface area contributed by atoms with Gasteiger partial charge >= 0.3 is 0 Å². The van der Waals surface area contributed by atoms with E-state index in [9.17, 15) is 4.79 Å². The summed E-state index contributed by atoms with van der Waals surface area (Å²) in [6.45, 7) is 8.17. The number of carbonyl (C=O) groups excluding carboxylic acids is 1. The first kappa shape index (κ1) is 14.2. The van der Waals surface area contributed by atoms with Crippen LogP contribution in [0.3, 0.4) is 0 Å². The van der Waals surface area contributed by atoms with Gasteiger partial charge in [-0.05, 0) is 33.1 Å². The maximum absolute atomic E-state index is 11.9. The van der Waals surface area contributed by atoms with E-state index in [2.05, 4.69) is 37.7 Å². The molecule has 0 aliphatic carbocycles. The van der Waals surface area contributed by atoms with Gasteiger partial charge < -0.3 is 4.57 Å². The van der Waals surface area contributed by atoms with Crippen LogP contribution in [0.4, 0.5) is 0 Å². The van der Waals surface area contributed by atoms with E-state index in [1.54, 1.807) is 6.92 Å². The Kier molecular flexibility index (Phi) is 4.04. The van der Waals surface area contributed by atoms with Gasteiger partial charge in [-0.2, -0.15) is 11.8 Å². The number of thioether (sulfide) groups is 1. The smallest absolute Gasteiger partial charge is 0.162 e. The van der Waals surface area contributed by atoms with Crippen molar-refractivity contribution in [3.63, 3.8) is 0 Å². The van der Waals surface area contributed by atoms with Gasteiger partial charge in [0.05, 0.1) is 0 Å². The summed E-state index contributed by atoms with van der Waals surface area (Å²) < 4.78 is 2.31. The van der Waals surface area contributed by atoms with Gasteiger partial charge in [0.1, 0.15) is 0 Å². The van der Waals surface area contributed by atoms with Crippen LogP contribution < -0.4 is 0 Å². The molecule has 19 heavy (non-hydrogen) atoms. The number of nitrogens with zero attached hydrogens (tertiary/aromatic N) is 1. The summed E-state index contributed by atoms with van der Waals surface area (Å²) in [5.74, 6) is 0.149. The number of benzene rings is 1. The molecule has 0 saturated heterocycles. The average Bonchev–Trinajstić information content (AvgIpc) is 2.69. The van der Waals surface area contributed by atoms with Crippen molar-refractivity contribution in [1.82, 2.24) is 4.57 Å². The van der Waals surface area contributed by atoms with Crippen molar-refractivity contribution in [2.45, 2.75) is 39.0 Å². The van der Waals surface area contributed by atoms with Crippen LogP contribution in [0.25, 0.3) is 10.9 Å². The summed E-state index contributed by atoms with van der Waals surface area (Å²) in [4.78, 5) is 11.9. The Morgan fingerprint density at radius 1 is 1.26 bits per heavy atom. The van der Waals surface area contributed by atoms with Crippen LogP contribution >= 0.6 is 11.8 Å². The molecule has 3 heteroatoms. The van der Waals surface area contributed by atoms with Crippen LogP contribution in [-0.4, -0.2) is 21.9 Å². The summed E-state index contributed by atoms with van der Waals surface area (Å²) in [6.07, 6.45) is 2.13. The first-order valence-corrected chi connectivity index (χ1v) is 7.91. The largest absolute Gasteiger partial charge is 0.340 e. The molecular formula is C16H21NOS. The molecule has 0 radical (unpaired) electrons. The Balaban J connectivity index is 2.74. The maximum Gasteiger partial charge on any atom is 0.162 e. The zero-order valence-corrected chi connectivity index (χ0v) is 13.0. The topological polar surface area (TPSA) is 22.0 Å². The fraction of sp³-hybridized carbons (Fsp3) is 0.438. The molecule has 0 N–H and O–H groups in total. The number of hydrogen-bond donors (Lipinski definition) is 0. The van der Waals surface area contributed by atoms with Crippen LogP contribution in [0, 0.1) is 6.92 Å². The molecule has 2 atom stereocenters. The predicted molar refractivity (Wildman–Crippen MR) is 84.4 cm³/mol. The van der Waals surface area contributed by atoms with E-state index in [1.165, 1.54) is 5.52 Å².